The first kappa shape index (κ1) is 18.1. The molecule has 0 saturated carbocycles. The number of benzene rings is 2. The Morgan fingerprint density at radius 3 is 2.55 bits per heavy atom. The van der Waals surface area contributed by atoms with Gasteiger partial charge >= 0.3 is 0 Å². The zero-order valence-corrected chi connectivity index (χ0v) is 14.9. The molecule has 0 aliphatic carbocycles. The standard InChI is InChI=1S/C20H14N4O5/c25-18(12-28-16-9-7-15(8-10-16)24(26)27)22-14-5-3-13(4-6-14)20-23-19-17(29-20)2-1-11-21-19/h1-11H,12H2,(H,22,25). The van der Waals surface area contributed by atoms with Crippen molar-refractivity contribution in [2.24, 2.45) is 0 Å². The molecule has 144 valence electrons. The number of aromatic nitrogens is 2. The number of nitro benzene ring substituents is 1. The van der Waals surface area contributed by atoms with Crippen LogP contribution in [-0.4, -0.2) is 27.4 Å². The maximum Gasteiger partial charge on any atom is 0.269 e. The van der Waals surface area contributed by atoms with E-state index in [1.807, 2.05) is 0 Å². The Labute approximate surface area is 164 Å². The van der Waals surface area contributed by atoms with Crippen LogP contribution in [0.25, 0.3) is 22.7 Å². The lowest BCUT2D eigenvalue weighted by Gasteiger charge is -2.07. The van der Waals surface area contributed by atoms with Crippen molar-refractivity contribution < 1.29 is 18.9 Å². The molecular formula is C20H14N4O5. The summed E-state index contributed by atoms with van der Waals surface area (Å²) in [4.78, 5) is 30.6. The molecule has 4 rings (SSSR count). The Bertz CT molecular complexity index is 1140. The molecule has 1 amide bonds. The van der Waals surface area contributed by atoms with Crippen molar-refractivity contribution in [3.8, 4) is 17.2 Å². The molecule has 29 heavy (non-hydrogen) atoms. The molecule has 0 radical (unpaired) electrons. The number of carbonyl (C=O) groups is 1. The third kappa shape index (κ3) is 4.19. The summed E-state index contributed by atoms with van der Waals surface area (Å²) >= 11 is 0. The molecule has 2 heterocycles. The van der Waals surface area contributed by atoms with Crippen molar-refractivity contribution in [2.45, 2.75) is 0 Å². The number of anilines is 1. The van der Waals surface area contributed by atoms with Crippen LogP contribution in [0.15, 0.2) is 71.3 Å². The quantitative estimate of drug-likeness (QED) is 0.392. The van der Waals surface area contributed by atoms with Crippen LogP contribution in [-0.2, 0) is 4.79 Å². The van der Waals surface area contributed by atoms with Gasteiger partial charge in [-0.15, -0.1) is 0 Å². The molecule has 0 unspecified atom stereocenters. The SMILES string of the molecule is O=C(COc1ccc([N+](=O)[O-])cc1)Nc1ccc(-c2nc3ncccc3o2)cc1. The topological polar surface area (TPSA) is 120 Å². The highest BCUT2D eigenvalue weighted by Crippen LogP contribution is 2.24. The number of ether oxygens (including phenoxy) is 1. The van der Waals surface area contributed by atoms with Crippen molar-refractivity contribution in [2.75, 3.05) is 11.9 Å². The molecular weight excluding hydrogens is 376 g/mol. The van der Waals surface area contributed by atoms with Crippen molar-refractivity contribution >= 4 is 28.5 Å². The molecule has 4 aromatic rings. The fourth-order valence-corrected chi connectivity index (χ4v) is 2.60. The van der Waals surface area contributed by atoms with Crippen molar-refractivity contribution in [1.82, 2.24) is 9.97 Å². The average Bonchev–Trinajstić information content (AvgIpc) is 3.17. The van der Waals surface area contributed by atoms with Gasteiger partial charge in [0.25, 0.3) is 11.6 Å². The molecule has 0 aliphatic heterocycles. The number of carbonyl (C=O) groups excluding carboxylic acids is 1. The predicted octanol–water partition coefficient (Wildman–Crippen LogP) is 3.82. The zero-order valence-electron chi connectivity index (χ0n) is 14.9. The Hall–Kier alpha value is -4.27. The Morgan fingerprint density at radius 2 is 1.86 bits per heavy atom. The minimum absolute atomic E-state index is 0.0448. The van der Waals surface area contributed by atoms with Gasteiger partial charge < -0.3 is 14.5 Å². The van der Waals surface area contributed by atoms with Crippen LogP contribution in [0.4, 0.5) is 11.4 Å². The Morgan fingerprint density at radius 1 is 1.10 bits per heavy atom. The first-order valence-corrected chi connectivity index (χ1v) is 8.57. The van der Waals surface area contributed by atoms with E-state index in [1.165, 1.54) is 24.3 Å². The van der Waals surface area contributed by atoms with E-state index in [-0.39, 0.29) is 18.2 Å². The summed E-state index contributed by atoms with van der Waals surface area (Å²) in [6, 6.07) is 16.1. The summed E-state index contributed by atoms with van der Waals surface area (Å²) in [7, 11) is 0. The summed E-state index contributed by atoms with van der Waals surface area (Å²) in [6.07, 6.45) is 1.64. The van der Waals surface area contributed by atoms with Crippen LogP contribution >= 0.6 is 0 Å². The largest absolute Gasteiger partial charge is 0.484 e. The van der Waals surface area contributed by atoms with Crippen LogP contribution in [0.2, 0.25) is 0 Å². The first-order chi connectivity index (χ1) is 14.1. The number of non-ortho nitro benzene ring substituents is 1. The third-order valence-electron chi connectivity index (χ3n) is 4.00. The minimum atomic E-state index is -0.502. The second-order valence-corrected chi connectivity index (χ2v) is 6.01. The highest BCUT2D eigenvalue weighted by atomic mass is 16.6. The maximum atomic E-state index is 12.0. The average molecular weight is 390 g/mol. The molecule has 1 N–H and O–H groups in total. The van der Waals surface area contributed by atoms with Crippen LogP contribution < -0.4 is 10.1 Å². The van der Waals surface area contributed by atoms with E-state index in [1.54, 1.807) is 42.6 Å². The maximum absolute atomic E-state index is 12.0. The smallest absolute Gasteiger partial charge is 0.269 e. The van der Waals surface area contributed by atoms with Gasteiger partial charge in [0.15, 0.2) is 17.8 Å². The van der Waals surface area contributed by atoms with Gasteiger partial charge in [0.05, 0.1) is 4.92 Å². The monoisotopic (exact) mass is 390 g/mol. The number of hydrogen-bond donors (Lipinski definition) is 1. The number of hydrogen-bond acceptors (Lipinski definition) is 7. The summed E-state index contributed by atoms with van der Waals surface area (Å²) in [5, 5.41) is 13.3. The lowest BCUT2D eigenvalue weighted by atomic mass is 10.2. The number of rotatable bonds is 6. The Balaban J connectivity index is 1.35. The Kier molecular flexibility index (Phi) is 4.85. The minimum Gasteiger partial charge on any atom is -0.484 e. The van der Waals surface area contributed by atoms with E-state index in [9.17, 15) is 14.9 Å². The zero-order chi connectivity index (χ0) is 20.2. The van der Waals surface area contributed by atoms with E-state index in [2.05, 4.69) is 15.3 Å². The number of nitrogens with one attached hydrogen (secondary N) is 1. The number of nitrogens with zero attached hydrogens (tertiary/aromatic N) is 3. The molecule has 0 fully saturated rings. The van der Waals surface area contributed by atoms with E-state index >= 15 is 0 Å². The molecule has 0 spiro atoms. The third-order valence-corrected chi connectivity index (χ3v) is 4.00. The highest BCUT2D eigenvalue weighted by molar-refractivity contribution is 5.92. The fourth-order valence-electron chi connectivity index (χ4n) is 2.60. The highest BCUT2D eigenvalue weighted by Gasteiger charge is 2.10. The van der Waals surface area contributed by atoms with Crippen LogP contribution in [0, 0.1) is 10.1 Å². The lowest BCUT2D eigenvalue weighted by Crippen LogP contribution is -2.20. The molecule has 2 aromatic heterocycles. The summed E-state index contributed by atoms with van der Waals surface area (Å²) in [6.45, 7) is -0.226. The number of pyridine rings is 1. The number of amides is 1. The number of oxazole rings is 1. The summed E-state index contributed by atoms with van der Waals surface area (Å²) in [5.41, 5.74) is 2.42. The molecule has 9 heteroatoms. The van der Waals surface area contributed by atoms with E-state index in [0.717, 1.165) is 5.56 Å². The van der Waals surface area contributed by atoms with Gasteiger partial charge in [-0.05, 0) is 48.5 Å². The van der Waals surface area contributed by atoms with E-state index in [4.69, 9.17) is 9.15 Å². The number of fused-ring (bicyclic) bond motifs is 1. The molecule has 2 aromatic carbocycles. The molecule has 0 bridgehead atoms. The van der Waals surface area contributed by atoms with Crippen LogP contribution in [0.5, 0.6) is 5.75 Å². The second kappa shape index (κ2) is 7.77. The second-order valence-electron chi connectivity index (χ2n) is 6.01. The number of nitro groups is 1. The van der Waals surface area contributed by atoms with Crippen molar-refractivity contribution in [3.05, 3.63) is 77.0 Å². The summed E-state index contributed by atoms with van der Waals surface area (Å²) < 4.78 is 11.0. The van der Waals surface area contributed by atoms with Gasteiger partial charge in [0.2, 0.25) is 5.89 Å². The van der Waals surface area contributed by atoms with Gasteiger partial charge in [-0.2, -0.15) is 4.98 Å². The van der Waals surface area contributed by atoms with Crippen LogP contribution in [0.1, 0.15) is 0 Å². The molecule has 9 nitrogen and oxygen atoms in total. The predicted molar refractivity (Wildman–Crippen MR) is 104 cm³/mol. The normalized spacial score (nSPS) is 10.6. The van der Waals surface area contributed by atoms with Gasteiger partial charge in [-0.25, -0.2) is 4.98 Å². The molecule has 0 atom stereocenters. The summed E-state index contributed by atoms with van der Waals surface area (Å²) in [5.74, 6) is 0.450. The van der Waals surface area contributed by atoms with Crippen molar-refractivity contribution in [1.29, 1.82) is 0 Å². The van der Waals surface area contributed by atoms with Gasteiger partial charge in [0, 0.05) is 29.6 Å². The van der Waals surface area contributed by atoms with Gasteiger partial charge in [-0.3, -0.25) is 14.9 Å². The van der Waals surface area contributed by atoms with Gasteiger partial charge in [-0.1, -0.05) is 0 Å². The fraction of sp³-hybridized carbons (Fsp3) is 0.0500. The van der Waals surface area contributed by atoms with Crippen LogP contribution in [0.3, 0.4) is 0 Å². The lowest BCUT2D eigenvalue weighted by molar-refractivity contribution is -0.384. The molecule has 0 saturated heterocycles. The van der Waals surface area contributed by atoms with E-state index in [0.29, 0.717) is 28.6 Å². The van der Waals surface area contributed by atoms with E-state index < -0.39 is 4.92 Å². The molecule has 0 aliphatic rings. The van der Waals surface area contributed by atoms with Gasteiger partial charge in [0.1, 0.15) is 5.75 Å². The first-order valence-electron chi connectivity index (χ1n) is 8.57. The van der Waals surface area contributed by atoms with Crippen molar-refractivity contribution in [3.63, 3.8) is 0 Å².